The molecule has 0 fully saturated rings. The second-order valence-electron chi connectivity index (χ2n) is 3.86. The van der Waals surface area contributed by atoms with Crippen LogP contribution >= 0.6 is 0 Å². The van der Waals surface area contributed by atoms with E-state index in [1.54, 1.807) is 23.1 Å². The molecule has 0 unspecified atom stereocenters. The number of hydrogen-bond acceptors (Lipinski definition) is 5. The molecule has 0 aliphatic heterocycles. The first kappa shape index (κ1) is 14.2. The van der Waals surface area contributed by atoms with E-state index >= 15 is 0 Å². The summed E-state index contributed by atoms with van der Waals surface area (Å²) in [7, 11) is -3.75. The first-order valence-electron chi connectivity index (χ1n) is 5.65. The highest BCUT2D eigenvalue weighted by atomic mass is 32.2. The molecule has 8 nitrogen and oxygen atoms in total. The van der Waals surface area contributed by atoms with Gasteiger partial charge in [-0.1, -0.05) is 0 Å². The van der Waals surface area contributed by atoms with Gasteiger partial charge in [0.15, 0.2) is 5.03 Å². The van der Waals surface area contributed by atoms with Crippen LogP contribution in [0.25, 0.3) is 0 Å². The molecule has 2 N–H and O–H groups in total. The third-order valence-corrected chi connectivity index (χ3v) is 3.83. The molecule has 0 saturated heterocycles. The Bertz CT molecular complexity index is 680. The third kappa shape index (κ3) is 3.39. The van der Waals surface area contributed by atoms with Crippen LogP contribution in [0.1, 0.15) is 10.4 Å². The van der Waals surface area contributed by atoms with Crippen LogP contribution in [-0.2, 0) is 16.6 Å². The van der Waals surface area contributed by atoms with Crippen molar-refractivity contribution in [2.75, 3.05) is 6.54 Å². The average Bonchev–Trinajstić information content (AvgIpc) is 2.92. The Morgan fingerprint density at radius 1 is 1.40 bits per heavy atom. The van der Waals surface area contributed by atoms with Crippen molar-refractivity contribution in [1.29, 1.82) is 0 Å². The molecule has 0 aromatic carbocycles. The monoisotopic (exact) mass is 296 g/mol. The number of carboxylic acids is 1. The Balaban J connectivity index is 2.00. The number of nitrogens with one attached hydrogen (secondary N) is 1. The Kier molecular flexibility index (Phi) is 4.11. The maximum Gasteiger partial charge on any atom is 0.337 e. The molecular formula is C11H12N4O4S. The molecule has 0 bridgehead atoms. The summed E-state index contributed by atoms with van der Waals surface area (Å²) in [6.07, 6.45) is 4.32. The van der Waals surface area contributed by atoms with E-state index < -0.39 is 16.0 Å². The van der Waals surface area contributed by atoms with Crippen molar-refractivity contribution in [1.82, 2.24) is 19.5 Å². The Morgan fingerprint density at radius 2 is 2.20 bits per heavy atom. The van der Waals surface area contributed by atoms with Crippen molar-refractivity contribution >= 4 is 16.0 Å². The third-order valence-electron chi connectivity index (χ3n) is 2.45. The van der Waals surface area contributed by atoms with Crippen molar-refractivity contribution in [3.05, 3.63) is 42.4 Å². The van der Waals surface area contributed by atoms with Gasteiger partial charge in [0.1, 0.15) is 0 Å². The lowest BCUT2D eigenvalue weighted by Crippen LogP contribution is -2.28. The van der Waals surface area contributed by atoms with Crippen molar-refractivity contribution in [2.24, 2.45) is 0 Å². The van der Waals surface area contributed by atoms with E-state index in [1.807, 2.05) is 0 Å². The van der Waals surface area contributed by atoms with Crippen LogP contribution in [0.2, 0.25) is 0 Å². The predicted molar refractivity (Wildman–Crippen MR) is 68.6 cm³/mol. The molecule has 0 amide bonds. The van der Waals surface area contributed by atoms with E-state index in [1.165, 1.54) is 6.07 Å². The van der Waals surface area contributed by atoms with Gasteiger partial charge in [0.05, 0.1) is 12.1 Å². The maximum absolute atomic E-state index is 11.9. The molecule has 0 spiro atoms. The molecule has 9 heteroatoms. The van der Waals surface area contributed by atoms with Crippen molar-refractivity contribution in [3.63, 3.8) is 0 Å². The number of hydrogen-bond donors (Lipinski definition) is 2. The summed E-state index contributed by atoms with van der Waals surface area (Å²) in [5, 5.41) is 12.4. The van der Waals surface area contributed by atoms with Gasteiger partial charge in [-0.25, -0.2) is 22.9 Å². The fraction of sp³-hybridized carbons (Fsp3) is 0.182. The zero-order valence-corrected chi connectivity index (χ0v) is 11.1. The fourth-order valence-corrected chi connectivity index (χ4v) is 2.41. The highest BCUT2D eigenvalue weighted by molar-refractivity contribution is 7.89. The van der Waals surface area contributed by atoms with Crippen LogP contribution in [0.4, 0.5) is 0 Å². The summed E-state index contributed by atoms with van der Waals surface area (Å²) >= 11 is 0. The highest BCUT2D eigenvalue weighted by Crippen LogP contribution is 2.06. The van der Waals surface area contributed by atoms with Crippen LogP contribution < -0.4 is 4.72 Å². The van der Waals surface area contributed by atoms with Gasteiger partial charge in [-0.3, -0.25) is 4.68 Å². The second kappa shape index (κ2) is 5.80. The summed E-state index contributed by atoms with van der Waals surface area (Å²) in [6.45, 7) is 0.547. The summed E-state index contributed by atoms with van der Waals surface area (Å²) in [5.74, 6) is -1.16. The van der Waals surface area contributed by atoms with Gasteiger partial charge in [0.25, 0.3) is 10.0 Å². The Hall–Kier alpha value is -2.26. The Labute approximate surface area is 115 Å². The van der Waals surface area contributed by atoms with Gasteiger partial charge < -0.3 is 5.11 Å². The molecule has 2 aromatic heterocycles. The molecular weight excluding hydrogens is 284 g/mol. The van der Waals surface area contributed by atoms with Gasteiger partial charge in [0, 0.05) is 25.1 Å². The number of carbonyl (C=O) groups is 1. The Morgan fingerprint density at radius 3 is 2.75 bits per heavy atom. The van der Waals surface area contributed by atoms with Crippen molar-refractivity contribution < 1.29 is 18.3 Å². The molecule has 0 saturated carbocycles. The molecule has 106 valence electrons. The molecule has 2 aromatic rings. The van der Waals surface area contributed by atoms with Crippen LogP contribution in [0.3, 0.4) is 0 Å². The predicted octanol–water partition coefficient (Wildman–Crippen LogP) is -0.0452. The van der Waals surface area contributed by atoms with Crippen LogP contribution in [0, 0.1) is 0 Å². The largest absolute Gasteiger partial charge is 0.478 e. The van der Waals surface area contributed by atoms with E-state index in [9.17, 15) is 13.2 Å². The van der Waals surface area contributed by atoms with E-state index in [0.717, 1.165) is 12.3 Å². The quantitative estimate of drug-likeness (QED) is 0.772. The topological polar surface area (TPSA) is 114 Å². The SMILES string of the molecule is O=C(O)c1ccc(S(=O)(=O)NCCn2cccn2)nc1. The molecule has 0 aliphatic carbocycles. The van der Waals surface area contributed by atoms with Crippen molar-refractivity contribution in [3.8, 4) is 0 Å². The molecule has 0 aliphatic rings. The lowest BCUT2D eigenvalue weighted by atomic mass is 10.3. The number of carboxylic acid groups (broad SMARTS) is 1. The van der Waals surface area contributed by atoms with Crippen molar-refractivity contribution in [2.45, 2.75) is 11.6 Å². The van der Waals surface area contributed by atoms with Crippen LogP contribution in [-0.4, -0.2) is 40.8 Å². The van der Waals surface area contributed by atoms with Gasteiger partial charge in [-0.2, -0.15) is 5.10 Å². The minimum Gasteiger partial charge on any atom is -0.478 e. The average molecular weight is 296 g/mol. The summed E-state index contributed by atoms with van der Waals surface area (Å²) in [4.78, 5) is 14.3. The van der Waals surface area contributed by atoms with E-state index in [2.05, 4.69) is 14.8 Å². The van der Waals surface area contributed by atoms with Crippen LogP contribution in [0.5, 0.6) is 0 Å². The fourth-order valence-electron chi connectivity index (χ4n) is 1.47. The number of pyridine rings is 1. The minimum absolute atomic E-state index is 0.0690. The summed E-state index contributed by atoms with van der Waals surface area (Å²) in [6, 6.07) is 4.08. The number of rotatable bonds is 6. The summed E-state index contributed by atoms with van der Waals surface area (Å²) < 4.78 is 27.7. The summed E-state index contributed by atoms with van der Waals surface area (Å²) in [5.41, 5.74) is -0.0690. The van der Waals surface area contributed by atoms with E-state index in [-0.39, 0.29) is 17.1 Å². The van der Waals surface area contributed by atoms with Gasteiger partial charge in [0.2, 0.25) is 0 Å². The maximum atomic E-state index is 11.9. The number of sulfonamides is 1. The van der Waals surface area contributed by atoms with E-state index in [0.29, 0.717) is 6.54 Å². The zero-order valence-electron chi connectivity index (χ0n) is 10.3. The normalized spacial score (nSPS) is 11.4. The van der Waals surface area contributed by atoms with Crippen LogP contribution in [0.15, 0.2) is 41.8 Å². The molecule has 2 heterocycles. The number of nitrogens with zero attached hydrogens (tertiary/aromatic N) is 3. The van der Waals surface area contributed by atoms with Gasteiger partial charge >= 0.3 is 5.97 Å². The second-order valence-corrected chi connectivity index (χ2v) is 5.57. The standard InChI is InChI=1S/C11H12N4O4S/c16-11(17)9-2-3-10(12-8-9)20(18,19)14-5-7-15-6-1-4-13-15/h1-4,6,8,14H,5,7H2,(H,16,17). The molecule has 2 rings (SSSR count). The van der Waals surface area contributed by atoms with Gasteiger partial charge in [-0.05, 0) is 18.2 Å². The molecule has 20 heavy (non-hydrogen) atoms. The number of aromatic nitrogens is 3. The minimum atomic E-state index is -3.75. The molecule has 0 atom stereocenters. The lowest BCUT2D eigenvalue weighted by Gasteiger charge is -2.06. The lowest BCUT2D eigenvalue weighted by molar-refractivity contribution is 0.0696. The zero-order chi connectivity index (χ0) is 14.6. The molecule has 0 radical (unpaired) electrons. The smallest absolute Gasteiger partial charge is 0.337 e. The van der Waals surface area contributed by atoms with E-state index in [4.69, 9.17) is 5.11 Å². The van der Waals surface area contributed by atoms with Gasteiger partial charge in [-0.15, -0.1) is 0 Å². The highest BCUT2D eigenvalue weighted by Gasteiger charge is 2.15. The number of aromatic carboxylic acids is 1. The first-order chi connectivity index (χ1) is 9.49. The first-order valence-corrected chi connectivity index (χ1v) is 7.14.